The number of pyridine rings is 1. The second-order valence-electron chi connectivity index (χ2n) is 9.17. The van der Waals surface area contributed by atoms with Crippen LogP contribution in [0.15, 0.2) is 36.8 Å². The lowest BCUT2D eigenvalue weighted by atomic mass is 9.67. The van der Waals surface area contributed by atoms with Gasteiger partial charge < -0.3 is 14.5 Å². The van der Waals surface area contributed by atoms with Gasteiger partial charge in [-0.25, -0.2) is 4.98 Å². The first-order valence-corrected chi connectivity index (χ1v) is 11.4. The quantitative estimate of drug-likeness (QED) is 0.441. The number of aryl methyl sites for hydroxylation is 3. The monoisotopic (exact) mass is 485 g/mol. The summed E-state index contributed by atoms with van der Waals surface area (Å²) in [5.41, 5.74) is -0.241. The standard InChI is InChI=1S/C24H25F3N8/c1-15-13-28-19(30-20-5-8-29-33(20)2)12-17(15)16-11-18-21-31-32-22(23(6-3-7-23)24(25,26)27)35(21)10-4-9-34(18)14-16/h5,8,11-14H,3-4,6-7,9-10H2,1-2H3,(H,28,30)/i1D3. The van der Waals surface area contributed by atoms with Crippen molar-refractivity contribution in [3.8, 4) is 22.6 Å². The molecular weight excluding hydrogens is 457 g/mol. The molecule has 0 radical (unpaired) electrons. The predicted octanol–water partition coefficient (Wildman–Crippen LogP) is 4.98. The van der Waals surface area contributed by atoms with Crippen molar-refractivity contribution in [2.24, 2.45) is 7.05 Å². The molecular formula is C24H25F3N8. The van der Waals surface area contributed by atoms with Gasteiger partial charge in [0.1, 0.15) is 22.9 Å². The number of alkyl halides is 3. The van der Waals surface area contributed by atoms with Gasteiger partial charge in [0, 0.05) is 48.3 Å². The molecule has 6 rings (SSSR count). The Hall–Kier alpha value is -3.63. The number of halogens is 3. The van der Waals surface area contributed by atoms with Gasteiger partial charge in [-0.05, 0) is 49.4 Å². The fourth-order valence-corrected chi connectivity index (χ4v) is 5.04. The van der Waals surface area contributed by atoms with E-state index in [2.05, 4.69) is 25.6 Å². The summed E-state index contributed by atoms with van der Waals surface area (Å²) in [6.45, 7) is -1.50. The van der Waals surface area contributed by atoms with Crippen LogP contribution in [-0.2, 0) is 25.6 Å². The van der Waals surface area contributed by atoms with Crippen LogP contribution in [-0.4, -0.2) is 40.3 Å². The Kier molecular flexibility index (Phi) is 4.10. The van der Waals surface area contributed by atoms with Gasteiger partial charge in [-0.3, -0.25) is 4.68 Å². The van der Waals surface area contributed by atoms with Crippen molar-refractivity contribution in [3.63, 3.8) is 0 Å². The fourth-order valence-electron chi connectivity index (χ4n) is 5.04. The van der Waals surface area contributed by atoms with E-state index in [0.717, 1.165) is 0 Å². The fraction of sp³-hybridized carbons (Fsp3) is 0.417. The number of aromatic nitrogens is 7. The number of nitrogens with one attached hydrogen (secondary N) is 1. The van der Waals surface area contributed by atoms with Gasteiger partial charge in [0.25, 0.3) is 0 Å². The Morgan fingerprint density at radius 1 is 1.14 bits per heavy atom. The second kappa shape index (κ2) is 7.69. The second-order valence-corrected chi connectivity index (χ2v) is 9.17. The minimum atomic E-state index is -4.41. The molecule has 0 unspecified atom stereocenters. The Bertz CT molecular complexity index is 1510. The molecule has 1 saturated carbocycles. The Balaban J connectivity index is 1.45. The average molecular weight is 486 g/mol. The van der Waals surface area contributed by atoms with Crippen LogP contribution in [0.5, 0.6) is 0 Å². The van der Waals surface area contributed by atoms with Crippen molar-refractivity contribution in [3.05, 3.63) is 48.2 Å². The molecule has 182 valence electrons. The van der Waals surface area contributed by atoms with Crippen LogP contribution in [0, 0.1) is 6.85 Å². The number of rotatable bonds is 4. The van der Waals surface area contributed by atoms with E-state index in [1.807, 2.05) is 10.8 Å². The number of nitrogens with zero attached hydrogens (tertiary/aromatic N) is 7. The zero-order chi connectivity index (χ0) is 26.9. The van der Waals surface area contributed by atoms with E-state index in [9.17, 15) is 13.2 Å². The molecule has 1 aliphatic heterocycles. The molecule has 1 aliphatic carbocycles. The minimum absolute atomic E-state index is 0.00624. The van der Waals surface area contributed by atoms with Crippen LogP contribution in [0.3, 0.4) is 0 Å². The van der Waals surface area contributed by atoms with E-state index in [4.69, 9.17) is 4.11 Å². The van der Waals surface area contributed by atoms with Crippen molar-refractivity contribution in [2.45, 2.75) is 57.2 Å². The smallest absolute Gasteiger partial charge is 0.344 e. The molecule has 0 atom stereocenters. The summed E-state index contributed by atoms with van der Waals surface area (Å²) in [6.07, 6.45) is 1.47. The Morgan fingerprint density at radius 3 is 2.69 bits per heavy atom. The molecule has 0 saturated heterocycles. The topological polar surface area (TPSA) is 78.4 Å². The third-order valence-electron chi connectivity index (χ3n) is 7.13. The molecule has 4 aromatic heterocycles. The highest BCUT2D eigenvalue weighted by Crippen LogP contribution is 2.54. The van der Waals surface area contributed by atoms with E-state index in [0.29, 0.717) is 60.2 Å². The summed E-state index contributed by atoms with van der Waals surface area (Å²) < 4.78 is 71.6. The van der Waals surface area contributed by atoms with Crippen molar-refractivity contribution >= 4 is 11.6 Å². The van der Waals surface area contributed by atoms with Gasteiger partial charge in [-0.1, -0.05) is 6.42 Å². The van der Waals surface area contributed by atoms with Gasteiger partial charge in [0.15, 0.2) is 5.82 Å². The Labute approximate surface area is 204 Å². The van der Waals surface area contributed by atoms with E-state index >= 15 is 0 Å². The zero-order valence-electron chi connectivity index (χ0n) is 22.0. The average Bonchev–Trinajstić information content (AvgIpc) is 3.49. The van der Waals surface area contributed by atoms with Crippen LogP contribution in [0.2, 0.25) is 0 Å². The molecule has 0 amide bonds. The van der Waals surface area contributed by atoms with Gasteiger partial charge >= 0.3 is 6.18 Å². The SMILES string of the molecule is [2H]C([2H])([2H])c1cnc(Nc2ccnn2C)cc1-c1cc2n(c1)CCCn1c-2nnc1C1(C(F)(F)F)CCC1. The molecule has 35 heavy (non-hydrogen) atoms. The summed E-state index contributed by atoms with van der Waals surface area (Å²) in [6, 6.07) is 5.20. The number of fused-ring (bicyclic) bond motifs is 3. The molecule has 0 spiro atoms. The first-order valence-electron chi connectivity index (χ1n) is 12.9. The normalized spacial score (nSPS) is 18.5. The third-order valence-corrected chi connectivity index (χ3v) is 7.13. The summed E-state index contributed by atoms with van der Waals surface area (Å²) in [4.78, 5) is 4.30. The van der Waals surface area contributed by atoms with Crippen LogP contribution in [0.4, 0.5) is 24.8 Å². The highest BCUT2D eigenvalue weighted by Gasteiger charge is 2.62. The molecule has 11 heteroatoms. The molecule has 4 aromatic rings. The predicted molar refractivity (Wildman–Crippen MR) is 124 cm³/mol. The minimum Gasteiger partial charge on any atom is -0.344 e. The maximum atomic E-state index is 14.1. The van der Waals surface area contributed by atoms with Crippen LogP contribution >= 0.6 is 0 Å². The lowest BCUT2D eigenvalue weighted by molar-refractivity contribution is -0.216. The maximum absolute atomic E-state index is 14.1. The van der Waals surface area contributed by atoms with Crippen molar-refractivity contribution < 1.29 is 17.3 Å². The van der Waals surface area contributed by atoms with E-state index < -0.39 is 18.4 Å². The van der Waals surface area contributed by atoms with Crippen LogP contribution < -0.4 is 5.32 Å². The molecule has 1 N–H and O–H groups in total. The van der Waals surface area contributed by atoms with E-state index in [1.54, 1.807) is 40.7 Å². The molecule has 5 heterocycles. The van der Waals surface area contributed by atoms with Crippen molar-refractivity contribution in [1.29, 1.82) is 0 Å². The Morgan fingerprint density at radius 2 is 2.00 bits per heavy atom. The van der Waals surface area contributed by atoms with E-state index in [1.165, 1.54) is 6.20 Å². The van der Waals surface area contributed by atoms with Gasteiger partial charge in [-0.2, -0.15) is 18.3 Å². The van der Waals surface area contributed by atoms with Crippen LogP contribution in [0.25, 0.3) is 22.6 Å². The largest absolute Gasteiger partial charge is 0.401 e. The van der Waals surface area contributed by atoms with Crippen molar-refractivity contribution in [2.75, 3.05) is 5.32 Å². The van der Waals surface area contributed by atoms with Crippen molar-refractivity contribution in [1.82, 2.24) is 34.1 Å². The van der Waals surface area contributed by atoms with Gasteiger partial charge in [0.05, 0.1) is 11.9 Å². The highest BCUT2D eigenvalue weighted by molar-refractivity contribution is 5.74. The first-order chi connectivity index (χ1) is 18.0. The number of anilines is 2. The van der Waals surface area contributed by atoms with Crippen LogP contribution in [0.1, 0.15) is 41.2 Å². The summed E-state index contributed by atoms with van der Waals surface area (Å²) >= 11 is 0. The van der Waals surface area contributed by atoms with Gasteiger partial charge in [-0.15, -0.1) is 10.2 Å². The molecule has 8 nitrogen and oxygen atoms in total. The lowest BCUT2D eigenvalue weighted by Gasteiger charge is -2.42. The summed E-state index contributed by atoms with van der Waals surface area (Å²) in [7, 11) is 1.77. The van der Waals surface area contributed by atoms with Gasteiger partial charge in [0.2, 0.25) is 0 Å². The number of hydrogen-bond donors (Lipinski definition) is 1. The lowest BCUT2D eigenvalue weighted by Crippen LogP contribution is -2.49. The molecule has 2 aliphatic rings. The summed E-state index contributed by atoms with van der Waals surface area (Å²) in [5.74, 6) is 1.43. The molecule has 1 fully saturated rings. The highest BCUT2D eigenvalue weighted by atomic mass is 19.4. The third kappa shape index (κ3) is 3.35. The number of hydrogen-bond acceptors (Lipinski definition) is 5. The van der Waals surface area contributed by atoms with E-state index in [-0.39, 0.29) is 24.2 Å². The molecule has 0 aromatic carbocycles. The molecule has 0 bridgehead atoms. The maximum Gasteiger partial charge on any atom is 0.401 e. The first kappa shape index (κ1) is 18.7. The summed E-state index contributed by atoms with van der Waals surface area (Å²) in [5, 5.41) is 15.5. The zero-order valence-corrected chi connectivity index (χ0v) is 19.0.